The molecular formula is C15H15N5. The van der Waals surface area contributed by atoms with E-state index in [2.05, 4.69) is 44.8 Å². The molecule has 1 N–H and O–H groups in total. The second kappa shape index (κ2) is 4.38. The summed E-state index contributed by atoms with van der Waals surface area (Å²) in [4.78, 5) is 4.33. The number of aryl methyl sites for hydroxylation is 1. The average Bonchev–Trinajstić information content (AvgIpc) is 2.89. The van der Waals surface area contributed by atoms with Crippen LogP contribution in [0.2, 0.25) is 0 Å². The Morgan fingerprint density at radius 3 is 2.95 bits per heavy atom. The van der Waals surface area contributed by atoms with Gasteiger partial charge in [0.25, 0.3) is 0 Å². The molecule has 0 fully saturated rings. The molecule has 1 aliphatic rings. The molecule has 0 spiro atoms. The van der Waals surface area contributed by atoms with Crippen LogP contribution in [0.3, 0.4) is 0 Å². The van der Waals surface area contributed by atoms with Crippen LogP contribution in [0.4, 0.5) is 0 Å². The lowest BCUT2D eigenvalue weighted by Gasteiger charge is -2.24. The summed E-state index contributed by atoms with van der Waals surface area (Å²) in [5, 5.41) is 12.1. The monoisotopic (exact) mass is 265 g/mol. The van der Waals surface area contributed by atoms with Crippen LogP contribution in [0.5, 0.6) is 0 Å². The highest BCUT2D eigenvalue weighted by Crippen LogP contribution is 2.24. The molecule has 0 bridgehead atoms. The van der Waals surface area contributed by atoms with Crippen LogP contribution < -0.4 is 5.32 Å². The molecule has 0 saturated heterocycles. The Morgan fingerprint density at radius 1 is 1.20 bits per heavy atom. The zero-order valence-electron chi connectivity index (χ0n) is 11.2. The van der Waals surface area contributed by atoms with Gasteiger partial charge in [0.1, 0.15) is 6.33 Å². The van der Waals surface area contributed by atoms with Gasteiger partial charge in [-0.2, -0.15) is 0 Å². The van der Waals surface area contributed by atoms with E-state index < -0.39 is 0 Å². The molecule has 20 heavy (non-hydrogen) atoms. The van der Waals surface area contributed by atoms with Crippen molar-refractivity contribution in [2.75, 3.05) is 0 Å². The molecular weight excluding hydrogens is 250 g/mol. The molecule has 0 saturated carbocycles. The summed E-state index contributed by atoms with van der Waals surface area (Å²) in [5.74, 6) is 0.932. The molecule has 1 aromatic carbocycles. The highest BCUT2D eigenvalue weighted by molar-refractivity contribution is 5.39. The van der Waals surface area contributed by atoms with Gasteiger partial charge in [0.05, 0.1) is 6.04 Å². The van der Waals surface area contributed by atoms with E-state index in [4.69, 9.17) is 0 Å². The van der Waals surface area contributed by atoms with Gasteiger partial charge in [0.15, 0.2) is 11.5 Å². The van der Waals surface area contributed by atoms with Gasteiger partial charge in [-0.25, -0.2) is 4.98 Å². The van der Waals surface area contributed by atoms with Crippen molar-refractivity contribution in [2.24, 2.45) is 0 Å². The molecule has 4 rings (SSSR count). The first kappa shape index (κ1) is 11.5. The van der Waals surface area contributed by atoms with Crippen LogP contribution in [-0.4, -0.2) is 19.6 Å². The highest BCUT2D eigenvalue weighted by atomic mass is 15.3. The molecule has 0 aliphatic carbocycles. The van der Waals surface area contributed by atoms with Gasteiger partial charge in [-0.1, -0.05) is 24.3 Å². The minimum Gasteiger partial charge on any atom is -0.303 e. The first-order valence-corrected chi connectivity index (χ1v) is 6.79. The van der Waals surface area contributed by atoms with E-state index in [1.165, 1.54) is 11.1 Å². The molecule has 5 heteroatoms. The van der Waals surface area contributed by atoms with E-state index in [9.17, 15) is 0 Å². The third-order valence-corrected chi connectivity index (χ3v) is 3.86. The normalized spacial score (nSPS) is 18.1. The van der Waals surface area contributed by atoms with E-state index in [0.717, 1.165) is 30.1 Å². The van der Waals surface area contributed by atoms with Gasteiger partial charge in [0, 0.05) is 18.3 Å². The number of rotatable bonds is 1. The Bertz CT molecular complexity index is 777. The largest absolute Gasteiger partial charge is 0.303 e. The van der Waals surface area contributed by atoms with Gasteiger partial charge in [0.2, 0.25) is 0 Å². The van der Waals surface area contributed by atoms with Crippen LogP contribution in [0.25, 0.3) is 5.65 Å². The standard InChI is InChI=1S/C15H15N5/c1-10-6-14-18-19-15(20(14)9-17-10)13-7-11-4-2-3-5-12(11)8-16-13/h2-6,9,13,16H,7-8H2,1H3. The second-order valence-corrected chi connectivity index (χ2v) is 5.22. The second-order valence-electron chi connectivity index (χ2n) is 5.22. The van der Waals surface area contributed by atoms with Gasteiger partial charge in [-0.15, -0.1) is 10.2 Å². The summed E-state index contributed by atoms with van der Waals surface area (Å²) in [7, 11) is 0. The maximum Gasteiger partial charge on any atom is 0.163 e. The molecule has 5 nitrogen and oxygen atoms in total. The average molecular weight is 265 g/mol. The maximum absolute atomic E-state index is 4.34. The fourth-order valence-corrected chi connectivity index (χ4v) is 2.78. The number of benzene rings is 1. The van der Waals surface area contributed by atoms with E-state index >= 15 is 0 Å². The van der Waals surface area contributed by atoms with Crippen LogP contribution in [0.1, 0.15) is 28.7 Å². The summed E-state index contributed by atoms with van der Waals surface area (Å²) in [5.41, 5.74) is 4.56. The van der Waals surface area contributed by atoms with Gasteiger partial charge in [-0.05, 0) is 24.5 Å². The third-order valence-electron chi connectivity index (χ3n) is 3.86. The van der Waals surface area contributed by atoms with Gasteiger partial charge >= 0.3 is 0 Å². The number of fused-ring (bicyclic) bond motifs is 2. The lowest BCUT2D eigenvalue weighted by Crippen LogP contribution is -2.30. The van der Waals surface area contributed by atoms with Crippen LogP contribution in [0, 0.1) is 6.92 Å². The molecule has 3 aromatic rings. The summed E-state index contributed by atoms with van der Waals surface area (Å²) in [6.07, 6.45) is 2.74. The van der Waals surface area contributed by atoms with Crippen molar-refractivity contribution >= 4 is 5.65 Å². The number of nitrogens with one attached hydrogen (secondary N) is 1. The summed E-state index contributed by atoms with van der Waals surface area (Å²) in [6.45, 7) is 2.83. The molecule has 100 valence electrons. The smallest absolute Gasteiger partial charge is 0.163 e. The Hall–Kier alpha value is -2.27. The molecule has 1 aliphatic heterocycles. The first-order chi connectivity index (χ1) is 9.81. The molecule has 1 unspecified atom stereocenters. The molecule has 3 heterocycles. The Morgan fingerprint density at radius 2 is 2.05 bits per heavy atom. The Labute approximate surface area is 116 Å². The van der Waals surface area contributed by atoms with Gasteiger partial charge < -0.3 is 5.32 Å². The zero-order valence-corrected chi connectivity index (χ0v) is 11.2. The molecule has 0 radical (unpaired) electrons. The predicted octanol–water partition coefficient (Wildman–Crippen LogP) is 1.82. The van der Waals surface area contributed by atoms with E-state index in [1.807, 2.05) is 23.7 Å². The lowest BCUT2D eigenvalue weighted by molar-refractivity contribution is 0.472. The molecule has 1 atom stereocenters. The number of hydrogen-bond acceptors (Lipinski definition) is 4. The van der Waals surface area contributed by atoms with Crippen LogP contribution in [0.15, 0.2) is 36.7 Å². The van der Waals surface area contributed by atoms with Crippen LogP contribution in [-0.2, 0) is 13.0 Å². The highest BCUT2D eigenvalue weighted by Gasteiger charge is 2.23. The summed E-state index contributed by atoms with van der Waals surface area (Å²) < 4.78 is 1.97. The van der Waals surface area contributed by atoms with E-state index in [1.54, 1.807) is 0 Å². The van der Waals surface area contributed by atoms with Crippen molar-refractivity contribution in [2.45, 2.75) is 25.9 Å². The predicted molar refractivity (Wildman–Crippen MR) is 75.2 cm³/mol. The molecule has 2 aromatic heterocycles. The topological polar surface area (TPSA) is 55.1 Å². The number of aromatic nitrogens is 4. The van der Waals surface area contributed by atoms with Gasteiger partial charge in [-0.3, -0.25) is 4.40 Å². The fourth-order valence-electron chi connectivity index (χ4n) is 2.78. The SMILES string of the molecule is Cc1cc2nnc(C3Cc4ccccc4CN3)n2cn1. The third kappa shape index (κ3) is 1.78. The quantitative estimate of drug-likeness (QED) is 0.729. The Balaban J connectivity index is 1.74. The van der Waals surface area contributed by atoms with Crippen molar-refractivity contribution in [3.05, 3.63) is 59.3 Å². The van der Waals surface area contributed by atoms with Crippen molar-refractivity contribution in [1.82, 2.24) is 24.9 Å². The van der Waals surface area contributed by atoms with Crippen molar-refractivity contribution in [3.63, 3.8) is 0 Å². The minimum absolute atomic E-state index is 0.185. The lowest BCUT2D eigenvalue weighted by atomic mass is 9.95. The Kier molecular flexibility index (Phi) is 2.53. The minimum atomic E-state index is 0.185. The van der Waals surface area contributed by atoms with Crippen molar-refractivity contribution < 1.29 is 0 Å². The van der Waals surface area contributed by atoms with E-state index in [0.29, 0.717) is 0 Å². The first-order valence-electron chi connectivity index (χ1n) is 6.79. The summed E-state index contributed by atoms with van der Waals surface area (Å²) >= 11 is 0. The van der Waals surface area contributed by atoms with E-state index in [-0.39, 0.29) is 6.04 Å². The zero-order chi connectivity index (χ0) is 13.5. The maximum atomic E-state index is 4.34. The fraction of sp³-hybridized carbons (Fsp3) is 0.267. The number of nitrogens with zero attached hydrogens (tertiary/aromatic N) is 4. The van der Waals surface area contributed by atoms with Crippen molar-refractivity contribution in [1.29, 1.82) is 0 Å². The number of hydrogen-bond donors (Lipinski definition) is 1. The van der Waals surface area contributed by atoms with Crippen molar-refractivity contribution in [3.8, 4) is 0 Å². The summed E-state index contributed by atoms with van der Waals surface area (Å²) in [6, 6.07) is 10.7. The molecule has 0 amide bonds. The van der Waals surface area contributed by atoms with Crippen LogP contribution >= 0.6 is 0 Å².